The lowest BCUT2D eigenvalue weighted by atomic mass is 9.89. The van der Waals surface area contributed by atoms with E-state index < -0.39 is 0 Å². The first kappa shape index (κ1) is 11.7. The van der Waals surface area contributed by atoms with Gasteiger partial charge in [0, 0.05) is 25.2 Å². The van der Waals surface area contributed by atoms with Crippen molar-refractivity contribution in [3.05, 3.63) is 11.3 Å². The number of nitrogens with two attached hydrogens (primary N) is 1. The van der Waals surface area contributed by atoms with E-state index in [0.29, 0.717) is 5.95 Å². The highest BCUT2D eigenvalue weighted by Crippen LogP contribution is 2.26. The first-order chi connectivity index (χ1) is 8.83. The van der Waals surface area contributed by atoms with Gasteiger partial charge in [0.1, 0.15) is 5.82 Å². The lowest BCUT2D eigenvalue weighted by Crippen LogP contribution is -2.19. The van der Waals surface area contributed by atoms with E-state index in [-0.39, 0.29) is 0 Å². The van der Waals surface area contributed by atoms with E-state index in [1.165, 1.54) is 37.7 Å². The van der Waals surface area contributed by atoms with Crippen LogP contribution in [-0.4, -0.2) is 16.5 Å². The van der Waals surface area contributed by atoms with Crippen molar-refractivity contribution in [3.63, 3.8) is 0 Å². The van der Waals surface area contributed by atoms with Gasteiger partial charge in [-0.3, -0.25) is 0 Å². The Labute approximate surface area is 108 Å². The largest absolute Gasteiger partial charge is 0.369 e. The molecule has 0 spiro atoms. The molecule has 5 nitrogen and oxygen atoms in total. The minimum Gasteiger partial charge on any atom is -0.369 e. The molecule has 0 atom stereocenters. The van der Waals surface area contributed by atoms with E-state index in [4.69, 9.17) is 5.73 Å². The van der Waals surface area contributed by atoms with E-state index in [1.807, 2.05) is 0 Å². The number of nitrogen functional groups attached to an aromatic ring is 1. The van der Waals surface area contributed by atoms with Crippen LogP contribution in [0.2, 0.25) is 0 Å². The predicted octanol–water partition coefficient (Wildman–Crippen LogP) is 1.65. The van der Waals surface area contributed by atoms with Crippen molar-refractivity contribution in [1.29, 1.82) is 0 Å². The van der Waals surface area contributed by atoms with Gasteiger partial charge in [-0.05, 0) is 18.8 Å². The van der Waals surface area contributed by atoms with Gasteiger partial charge in [0.15, 0.2) is 0 Å². The lowest BCUT2D eigenvalue weighted by Gasteiger charge is -2.22. The summed E-state index contributed by atoms with van der Waals surface area (Å²) >= 11 is 0. The van der Waals surface area contributed by atoms with Gasteiger partial charge >= 0.3 is 0 Å². The standard InChI is InChI=1S/C13H21N5/c14-13-17-11-8-15-7-10(11)12(18-13)16-6-9-4-2-1-3-5-9/h9,15H,1-8H2,(H3,14,16,17,18). The number of nitrogens with zero attached hydrogens (tertiary/aromatic N) is 2. The molecule has 4 N–H and O–H groups in total. The SMILES string of the molecule is Nc1nc2c(c(NCC3CCCCC3)n1)CNC2. The molecule has 5 heteroatoms. The molecule has 0 amide bonds. The second-order valence-corrected chi connectivity index (χ2v) is 5.34. The Hall–Kier alpha value is -1.36. The number of hydrogen-bond donors (Lipinski definition) is 3. The molecule has 0 aromatic carbocycles. The normalized spacial score (nSPS) is 19.8. The van der Waals surface area contributed by atoms with Crippen LogP contribution in [0.25, 0.3) is 0 Å². The van der Waals surface area contributed by atoms with Gasteiger partial charge in [0.05, 0.1) is 5.69 Å². The molecule has 1 fully saturated rings. The van der Waals surface area contributed by atoms with Gasteiger partial charge in [0.25, 0.3) is 0 Å². The Morgan fingerprint density at radius 1 is 1.17 bits per heavy atom. The first-order valence-corrected chi connectivity index (χ1v) is 6.93. The van der Waals surface area contributed by atoms with Crippen molar-refractivity contribution in [2.75, 3.05) is 17.6 Å². The second-order valence-electron chi connectivity index (χ2n) is 5.34. The first-order valence-electron chi connectivity index (χ1n) is 6.93. The molecule has 0 saturated heterocycles. The molecule has 1 aromatic heterocycles. The Bertz CT molecular complexity index is 426. The highest BCUT2D eigenvalue weighted by Gasteiger charge is 2.19. The van der Waals surface area contributed by atoms with Crippen LogP contribution < -0.4 is 16.4 Å². The van der Waals surface area contributed by atoms with E-state index in [1.54, 1.807) is 0 Å². The van der Waals surface area contributed by atoms with Crippen LogP contribution >= 0.6 is 0 Å². The number of aromatic nitrogens is 2. The third-order valence-corrected chi connectivity index (χ3v) is 3.99. The van der Waals surface area contributed by atoms with E-state index in [0.717, 1.165) is 37.1 Å². The van der Waals surface area contributed by atoms with Gasteiger partial charge in [0.2, 0.25) is 5.95 Å². The van der Waals surface area contributed by atoms with Gasteiger partial charge in [-0.15, -0.1) is 0 Å². The van der Waals surface area contributed by atoms with Crippen molar-refractivity contribution in [2.24, 2.45) is 5.92 Å². The molecule has 0 radical (unpaired) electrons. The van der Waals surface area contributed by atoms with E-state index in [2.05, 4.69) is 20.6 Å². The lowest BCUT2D eigenvalue weighted by molar-refractivity contribution is 0.373. The predicted molar refractivity (Wildman–Crippen MR) is 72.1 cm³/mol. The molecule has 1 aromatic rings. The summed E-state index contributed by atoms with van der Waals surface area (Å²) < 4.78 is 0. The summed E-state index contributed by atoms with van der Waals surface area (Å²) in [6.45, 7) is 2.67. The zero-order valence-electron chi connectivity index (χ0n) is 10.7. The van der Waals surface area contributed by atoms with Crippen molar-refractivity contribution in [1.82, 2.24) is 15.3 Å². The molecule has 1 aliphatic heterocycles. The van der Waals surface area contributed by atoms with Crippen LogP contribution in [0.3, 0.4) is 0 Å². The molecule has 0 unspecified atom stereocenters. The molecule has 98 valence electrons. The molecule has 18 heavy (non-hydrogen) atoms. The van der Waals surface area contributed by atoms with Gasteiger partial charge < -0.3 is 16.4 Å². The van der Waals surface area contributed by atoms with Crippen LogP contribution in [0.1, 0.15) is 43.4 Å². The molecular formula is C13H21N5. The van der Waals surface area contributed by atoms with E-state index in [9.17, 15) is 0 Å². The zero-order chi connectivity index (χ0) is 12.4. The van der Waals surface area contributed by atoms with Gasteiger partial charge in [-0.2, -0.15) is 4.98 Å². The minimum atomic E-state index is 0.378. The Morgan fingerprint density at radius 2 is 2.00 bits per heavy atom. The molecule has 1 aliphatic carbocycles. The zero-order valence-corrected chi connectivity index (χ0v) is 10.7. The maximum Gasteiger partial charge on any atom is 0.222 e. The molecule has 3 rings (SSSR count). The Balaban J connectivity index is 1.68. The fourth-order valence-corrected chi connectivity index (χ4v) is 2.97. The fourth-order valence-electron chi connectivity index (χ4n) is 2.97. The summed E-state index contributed by atoms with van der Waals surface area (Å²) in [4.78, 5) is 8.62. The third-order valence-electron chi connectivity index (χ3n) is 3.99. The van der Waals surface area contributed by atoms with Crippen LogP contribution in [0.4, 0.5) is 11.8 Å². The van der Waals surface area contributed by atoms with E-state index >= 15 is 0 Å². The van der Waals surface area contributed by atoms with Crippen molar-refractivity contribution in [2.45, 2.75) is 45.2 Å². The summed E-state index contributed by atoms with van der Waals surface area (Å²) in [6, 6.07) is 0. The molecule has 1 saturated carbocycles. The van der Waals surface area contributed by atoms with Crippen LogP contribution in [0.5, 0.6) is 0 Å². The third kappa shape index (κ3) is 2.41. The summed E-state index contributed by atoms with van der Waals surface area (Å²) in [5, 5.41) is 6.78. The molecule has 2 aliphatic rings. The average Bonchev–Trinajstić information content (AvgIpc) is 2.85. The van der Waals surface area contributed by atoms with Gasteiger partial charge in [-0.25, -0.2) is 4.98 Å². The highest BCUT2D eigenvalue weighted by molar-refractivity contribution is 5.51. The monoisotopic (exact) mass is 247 g/mol. The number of fused-ring (bicyclic) bond motifs is 1. The maximum atomic E-state index is 5.75. The summed E-state index contributed by atoms with van der Waals surface area (Å²) in [5.74, 6) is 2.11. The molecule has 0 bridgehead atoms. The minimum absolute atomic E-state index is 0.378. The molecule has 2 heterocycles. The van der Waals surface area contributed by atoms with Crippen molar-refractivity contribution < 1.29 is 0 Å². The average molecular weight is 247 g/mol. The Kier molecular flexibility index (Phi) is 3.32. The molecular weight excluding hydrogens is 226 g/mol. The number of rotatable bonds is 3. The quantitative estimate of drug-likeness (QED) is 0.757. The number of anilines is 2. The second kappa shape index (κ2) is 5.10. The topological polar surface area (TPSA) is 75.9 Å². The summed E-state index contributed by atoms with van der Waals surface area (Å²) in [6.07, 6.45) is 6.83. The fraction of sp³-hybridized carbons (Fsp3) is 0.692. The maximum absolute atomic E-state index is 5.75. The van der Waals surface area contributed by atoms with Crippen molar-refractivity contribution >= 4 is 11.8 Å². The van der Waals surface area contributed by atoms with Gasteiger partial charge in [-0.1, -0.05) is 19.3 Å². The van der Waals surface area contributed by atoms with Crippen LogP contribution in [0, 0.1) is 5.92 Å². The number of nitrogens with one attached hydrogen (secondary N) is 2. The highest BCUT2D eigenvalue weighted by atomic mass is 15.1. The van der Waals surface area contributed by atoms with Crippen LogP contribution in [-0.2, 0) is 13.1 Å². The van der Waals surface area contributed by atoms with Crippen molar-refractivity contribution in [3.8, 4) is 0 Å². The number of hydrogen-bond acceptors (Lipinski definition) is 5. The summed E-state index contributed by atoms with van der Waals surface area (Å²) in [7, 11) is 0. The smallest absolute Gasteiger partial charge is 0.222 e. The van der Waals surface area contributed by atoms with Crippen LogP contribution in [0.15, 0.2) is 0 Å². The Morgan fingerprint density at radius 3 is 2.83 bits per heavy atom. The summed E-state index contributed by atoms with van der Waals surface area (Å²) in [5.41, 5.74) is 7.99.